The molecule has 6 atom stereocenters. The largest absolute Gasteiger partial charge is 0.443 e. The van der Waals surface area contributed by atoms with Gasteiger partial charge in [0.15, 0.2) is 0 Å². The summed E-state index contributed by atoms with van der Waals surface area (Å²) in [5.41, 5.74) is 0.945. The standard InChI is InChI=1S/C37H49N5O6/c1-24(43)33(40-34(45)30-19-18-26-14-10-11-17-29(26)38-30)35(46)39-31(20-25-12-6-5-7-13-25)32(44)23-41-21-27-15-8-9-16-28(27)22-42(41)36(47)48-37(2,3)4/h5-7,10-14,17-19,24,27-28,31-33,43-44H,8-9,15-16,20-23H2,1-4H3,(H,39,46)(H,40,45)/t24?,27?,28?,31-,32?,33-/m0/s1. The van der Waals surface area contributed by atoms with Gasteiger partial charge in [-0.1, -0.05) is 67.4 Å². The molecule has 0 radical (unpaired) electrons. The summed E-state index contributed by atoms with van der Waals surface area (Å²) in [5.74, 6) is -0.489. The number of carbonyl (C=O) groups is 3. The summed E-state index contributed by atoms with van der Waals surface area (Å²) in [7, 11) is 0. The number of aliphatic hydroxyl groups excluding tert-OH is 2. The second kappa shape index (κ2) is 15.4. The van der Waals surface area contributed by atoms with Crippen molar-refractivity contribution >= 4 is 28.8 Å². The van der Waals surface area contributed by atoms with Crippen LogP contribution in [-0.4, -0.2) is 92.6 Å². The van der Waals surface area contributed by atoms with Crippen LogP contribution in [0.5, 0.6) is 0 Å². The van der Waals surface area contributed by atoms with Crippen LogP contribution in [0.3, 0.4) is 0 Å². The number of amides is 3. The van der Waals surface area contributed by atoms with Gasteiger partial charge in [0.05, 0.1) is 23.8 Å². The Labute approximate surface area is 282 Å². The number of hydrogen-bond donors (Lipinski definition) is 4. The van der Waals surface area contributed by atoms with Gasteiger partial charge in [0.1, 0.15) is 17.3 Å². The molecule has 4 N–H and O–H groups in total. The smallest absolute Gasteiger partial charge is 0.424 e. The van der Waals surface area contributed by atoms with E-state index in [-0.39, 0.29) is 18.7 Å². The Kier molecular flexibility index (Phi) is 11.3. The minimum absolute atomic E-state index is 0.0763. The molecule has 2 aliphatic rings. The van der Waals surface area contributed by atoms with Crippen LogP contribution in [0.25, 0.3) is 10.9 Å². The minimum atomic E-state index is -1.31. The lowest BCUT2D eigenvalue weighted by molar-refractivity contribution is -0.130. The van der Waals surface area contributed by atoms with Gasteiger partial charge < -0.3 is 25.6 Å². The highest BCUT2D eigenvalue weighted by atomic mass is 16.6. The summed E-state index contributed by atoms with van der Waals surface area (Å²) < 4.78 is 5.77. The highest BCUT2D eigenvalue weighted by Gasteiger charge is 2.41. The van der Waals surface area contributed by atoms with E-state index in [9.17, 15) is 24.6 Å². The maximum absolute atomic E-state index is 13.8. The summed E-state index contributed by atoms with van der Waals surface area (Å²) in [4.78, 5) is 44.8. The number of hydrazine groups is 1. The number of aromatic nitrogens is 1. The van der Waals surface area contributed by atoms with Crippen molar-refractivity contribution in [2.45, 2.75) is 89.7 Å². The molecule has 11 heteroatoms. The van der Waals surface area contributed by atoms with Crippen LogP contribution in [0.1, 0.15) is 69.4 Å². The summed E-state index contributed by atoms with van der Waals surface area (Å²) >= 11 is 0. The molecule has 4 unspecified atom stereocenters. The summed E-state index contributed by atoms with van der Waals surface area (Å²) in [6.07, 6.45) is 1.87. The number of hydrogen-bond acceptors (Lipinski definition) is 8. The van der Waals surface area contributed by atoms with Crippen molar-refractivity contribution in [3.63, 3.8) is 0 Å². The van der Waals surface area contributed by atoms with Crippen molar-refractivity contribution in [3.05, 3.63) is 78.0 Å². The van der Waals surface area contributed by atoms with Crippen molar-refractivity contribution in [1.82, 2.24) is 25.6 Å². The molecule has 2 fully saturated rings. The average molecular weight is 660 g/mol. The third-order valence-electron chi connectivity index (χ3n) is 9.24. The highest BCUT2D eigenvalue weighted by molar-refractivity contribution is 5.98. The van der Waals surface area contributed by atoms with Crippen LogP contribution in [-0.2, 0) is 16.0 Å². The van der Waals surface area contributed by atoms with Crippen molar-refractivity contribution in [2.75, 3.05) is 19.6 Å². The molecule has 3 aromatic rings. The zero-order valence-corrected chi connectivity index (χ0v) is 28.3. The van der Waals surface area contributed by atoms with Gasteiger partial charge in [-0.2, -0.15) is 0 Å². The number of nitrogens with one attached hydrogen (secondary N) is 2. The van der Waals surface area contributed by atoms with E-state index >= 15 is 0 Å². The van der Waals surface area contributed by atoms with Crippen LogP contribution in [0, 0.1) is 11.8 Å². The van der Waals surface area contributed by atoms with Crippen molar-refractivity contribution in [3.8, 4) is 0 Å². The third-order valence-corrected chi connectivity index (χ3v) is 9.24. The van der Waals surface area contributed by atoms with Crippen molar-refractivity contribution < 1.29 is 29.3 Å². The lowest BCUT2D eigenvalue weighted by atomic mass is 9.77. The van der Waals surface area contributed by atoms with E-state index in [1.807, 2.05) is 74.3 Å². The Hall–Kier alpha value is -4.06. The second-order valence-corrected chi connectivity index (χ2v) is 14.2. The van der Waals surface area contributed by atoms with E-state index in [1.165, 1.54) is 6.92 Å². The molecule has 5 rings (SSSR count). The molecule has 48 heavy (non-hydrogen) atoms. The number of aliphatic hydroxyl groups is 2. The number of carbonyl (C=O) groups excluding carboxylic acids is 3. The number of β-amino-alcohol motifs (C(OH)–C–C–N with tert-alkyl or cyclic N) is 1. The summed E-state index contributed by atoms with van der Waals surface area (Å²) in [6, 6.07) is 18.1. The second-order valence-electron chi connectivity index (χ2n) is 14.2. The van der Waals surface area contributed by atoms with E-state index in [2.05, 4.69) is 15.6 Å². The first-order valence-electron chi connectivity index (χ1n) is 17.0. The van der Waals surface area contributed by atoms with Crippen LogP contribution in [0.4, 0.5) is 4.79 Å². The summed E-state index contributed by atoms with van der Waals surface area (Å²) in [6.45, 7) is 8.10. The van der Waals surface area contributed by atoms with Gasteiger partial charge in [-0.25, -0.2) is 19.8 Å². The fourth-order valence-corrected chi connectivity index (χ4v) is 6.73. The number of pyridine rings is 1. The number of fused-ring (bicyclic) bond motifs is 2. The maximum atomic E-state index is 13.8. The van der Waals surface area contributed by atoms with Gasteiger partial charge in [-0.05, 0) is 76.5 Å². The molecule has 1 aromatic heterocycles. The van der Waals surface area contributed by atoms with E-state index in [1.54, 1.807) is 23.2 Å². The van der Waals surface area contributed by atoms with E-state index in [0.717, 1.165) is 36.6 Å². The number of ether oxygens (including phenoxy) is 1. The maximum Gasteiger partial charge on any atom is 0.424 e. The van der Waals surface area contributed by atoms with Crippen molar-refractivity contribution in [1.29, 1.82) is 0 Å². The summed E-state index contributed by atoms with van der Waals surface area (Å²) in [5, 5.41) is 32.3. The predicted molar refractivity (Wildman–Crippen MR) is 183 cm³/mol. The molecular weight excluding hydrogens is 610 g/mol. The Morgan fingerprint density at radius 3 is 2.27 bits per heavy atom. The van der Waals surface area contributed by atoms with Crippen LogP contribution >= 0.6 is 0 Å². The van der Waals surface area contributed by atoms with Crippen LogP contribution in [0.2, 0.25) is 0 Å². The molecule has 258 valence electrons. The molecule has 0 spiro atoms. The fourth-order valence-electron chi connectivity index (χ4n) is 6.73. The van der Waals surface area contributed by atoms with Gasteiger partial charge in [-0.15, -0.1) is 0 Å². The Bertz CT molecular complexity index is 1560. The quantitative estimate of drug-likeness (QED) is 0.255. The number of nitrogens with zero attached hydrogens (tertiary/aromatic N) is 3. The number of para-hydroxylation sites is 1. The Morgan fingerprint density at radius 1 is 0.917 bits per heavy atom. The molecular formula is C37H49N5O6. The molecule has 11 nitrogen and oxygen atoms in total. The molecule has 0 bridgehead atoms. The van der Waals surface area contributed by atoms with E-state index in [4.69, 9.17) is 4.74 Å². The molecule has 2 aromatic carbocycles. The lowest BCUT2D eigenvalue weighted by Crippen LogP contribution is -2.62. The molecule has 3 amide bonds. The normalized spacial score (nSPS) is 21.0. The molecule has 1 aliphatic carbocycles. The molecule has 2 heterocycles. The lowest BCUT2D eigenvalue weighted by Gasteiger charge is -2.48. The Balaban J connectivity index is 1.34. The Morgan fingerprint density at radius 2 is 1.58 bits per heavy atom. The average Bonchev–Trinajstić information content (AvgIpc) is 3.05. The van der Waals surface area contributed by atoms with Gasteiger partial charge in [0, 0.05) is 25.0 Å². The fraction of sp³-hybridized carbons (Fsp3) is 0.514. The number of benzene rings is 2. The first-order valence-corrected chi connectivity index (χ1v) is 17.0. The molecule has 1 aliphatic heterocycles. The van der Waals surface area contributed by atoms with Crippen LogP contribution in [0.15, 0.2) is 66.7 Å². The monoisotopic (exact) mass is 659 g/mol. The highest BCUT2D eigenvalue weighted by Crippen LogP contribution is 2.36. The first-order chi connectivity index (χ1) is 22.9. The number of rotatable bonds is 10. The molecule has 1 saturated heterocycles. The first kappa shape index (κ1) is 35.3. The zero-order valence-electron chi connectivity index (χ0n) is 28.3. The van der Waals surface area contributed by atoms with Crippen LogP contribution < -0.4 is 10.6 Å². The predicted octanol–water partition coefficient (Wildman–Crippen LogP) is 4.08. The van der Waals surface area contributed by atoms with Gasteiger partial charge in [-0.3, -0.25) is 9.59 Å². The van der Waals surface area contributed by atoms with E-state index < -0.39 is 47.8 Å². The van der Waals surface area contributed by atoms with E-state index in [0.29, 0.717) is 30.4 Å². The molecule has 1 saturated carbocycles. The SMILES string of the molecule is CC(O)[C@H](NC(=O)c1ccc2ccccc2n1)C(=O)N[C@@H](Cc1ccccc1)C(O)CN1CC2CCCCC2CN1C(=O)OC(C)(C)C. The third kappa shape index (κ3) is 9.09. The van der Waals surface area contributed by atoms with Gasteiger partial charge in [0.2, 0.25) is 5.91 Å². The minimum Gasteiger partial charge on any atom is -0.443 e. The van der Waals surface area contributed by atoms with Crippen molar-refractivity contribution in [2.24, 2.45) is 11.8 Å². The van der Waals surface area contributed by atoms with Gasteiger partial charge in [0.25, 0.3) is 5.91 Å². The topological polar surface area (TPSA) is 144 Å². The zero-order chi connectivity index (χ0) is 34.4. The van der Waals surface area contributed by atoms with Gasteiger partial charge >= 0.3 is 6.09 Å².